The van der Waals surface area contributed by atoms with E-state index >= 15 is 0 Å². The fraction of sp³-hybridized carbons (Fsp3) is 0.450. The van der Waals surface area contributed by atoms with E-state index in [9.17, 15) is 13.2 Å². The van der Waals surface area contributed by atoms with Crippen LogP contribution in [0, 0.1) is 0 Å². The quantitative estimate of drug-likeness (QED) is 0.702. The molecular weight excluding hydrogens is 378 g/mol. The highest BCUT2D eigenvalue weighted by molar-refractivity contribution is 7.88. The van der Waals surface area contributed by atoms with Crippen molar-refractivity contribution >= 4 is 15.9 Å². The minimum Gasteiger partial charge on any atom is -0.467 e. The molecule has 0 N–H and O–H groups in total. The number of rotatable bonds is 7. The predicted molar refractivity (Wildman–Crippen MR) is 107 cm³/mol. The van der Waals surface area contributed by atoms with E-state index < -0.39 is 10.0 Å². The van der Waals surface area contributed by atoms with Gasteiger partial charge in [0.25, 0.3) is 0 Å². The zero-order chi connectivity index (χ0) is 20.0. The third-order valence-corrected chi connectivity index (χ3v) is 6.17. The van der Waals surface area contributed by atoms with Crippen molar-refractivity contribution < 1.29 is 17.6 Å². The van der Waals surface area contributed by atoms with Crippen LogP contribution < -0.4 is 0 Å². The van der Waals surface area contributed by atoms with Crippen LogP contribution in [-0.4, -0.2) is 67.4 Å². The van der Waals surface area contributed by atoms with Crippen molar-refractivity contribution in [1.29, 1.82) is 0 Å². The summed E-state index contributed by atoms with van der Waals surface area (Å²) in [6, 6.07) is 13.5. The van der Waals surface area contributed by atoms with Gasteiger partial charge in [-0.1, -0.05) is 30.3 Å². The monoisotopic (exact) mass is 405 g/mol. The Kier molecular flexibility index (Phi) is 6.88. The van der Waals surface area contributed by atoms with Gasteiger partial charge < -0.3 is 9.32 Å². The van der Waals surface area contributed by atoms with Gasteiger partial charge in [0.2, 0.25) is 15.9 Å². The van der Waals surface area contributed by atoms with Gasteiger partial charge in [-0.3, -0.25) is 9.69 Å². The lowest BCUT2D eigenvalue weighted by Crippen LogP contribution is -2.41. The standard InChI is InChI=1S/C20H27N3O4S/c1-28(25,26)23-11-6-10-21(12-13-23)17-20(24)22(16-19-9-5-14-27-19)15-18-7-3-2-4-8-18/h2-5,7-9,14H,6,10-13,15-17H2,1H3. The number of carbonyl (C=O) groups excluding carboxylic acids is 1. The fourth-order valence-electron chi connectivity index (χ4n) is 3.35. The van der Waals surface area contributed by atoms with E-state index in [0.29, 0.717) is 39.3 Å². The Balaban J connectivity index is 1.65. The Labute approximate surface area is 166 Å². The molecule has 152 valence electrons. The number of hydrogen-bond donors (Lipinski definition) is 0. The van der Waals surface area contributed by atoms with E-state index in [1.807, 2.05) is 47.4 Å². The zero-order valence-corrected chi connectivity index (χ0v) is 17.0. The second-order valence-corrected chi connectivity index (χ2v) is 9.09. The van der Waals surface area contributed by atoms with Crippen LogP contribution in [0.3, 0.4) is 0 Å². The number of hydrogen-bond acceptors (Lipinski definition) is 5. The second kappa shape index (κ2) is 9.36. The lowest BCUT2D eigenvalue weighted by Gasteiger charge is -2.26. The normalized spacial score (nSPS) is 16.6. The summed E-state index contributed by atoms with van der Waals surface area (Å²) >= 11 is 0. The van der Waals surface area contributed by atoms with Crippen LogP contribution in [0.2, 0.25) is 0 Å². The second-order valence-electron chi connectivity index (χ2n) is 7.11. The summed E-state index contributed by atoms with van der Waals surface area (Å²) in [5, 5.41) is 0. The topological polar surface area (TPSA) is 74.1 Å². The molecule has 0 bridgehead atoms. The number of furan rings is 1. The van der Waals surface area contributed by atoms with Gasteiger partial charge in [0, 0.05) is 26.2 Å². The number of nitrogens with zero attached hydrogens (tertiary/aromatic N) is 3. The molecule has 1 amide bonds. The third kappa shape index (κ3) is 5.92. The number of amides is 1. The van der Waals surface area contributed by atoms with Gasteiger partial charge >= 0.3 is 0 Å². The number of carbonyl (C=O) groups is 1. The maximum atomic E-state index is 13.0. The summed E-state index contributed by atoms with van der Waals surface area (Å²) in [4.78, 5) is 16.9. The Morgan fingerprint density at radius 2 is 1.82 bits per heavy atom. The van der Waals surface area contributed by atoms with Crippen LogP contribution in [0.25, 0.3) is 0 Å². The van der Waals surface area contributed by atoms with Crippen molar-refractivity contribution in [3.05, 3.63) is 60.1 Å². The highest BCUT2D eigenvalue weighted by Gasteiger charge is 2.24. The highest BCUT2D eigenvalue weighted by atomic mass is 32.2. The van der Waals surface area contributed by atoms with E-state index in [1.54, 1.807) is 11.2 Å². The van der Waals surface area contributed by atoms with Crippen LogP contribution >= 0.6 is 0 Å². The highest BCUT2D eigenvalue weighted by Crippen LogP contribution is 2.13. The van der Waals surface area contributed by atoms with Crippen LogP contribution in [0.4, 0.5) is 0 Å². The summed E-state index contributed by atoms with van der Waals surface area (Å²) in [5.74, 6) is 0.747. The minimum atomic E-state index is -3.19. The molecule has 1 aromatic carbocycles. The van der Waals surface area contributed by atoms with Gasteiger partial charge in [-0.2, -0.15) is 0 Å². The van der Waals surface area contributed by atoms with Gasteiger partial charge in [-0.15, -0.1) is 0 Å². The maximum Gasteiger partial charge on any atom is 0.237 e. The molecule has 3 rings (SSSR count). The van der Waals surface area contributed by atoms with E-state index in [2.05, 4.69) is 0 Å². The average molecular weight is 406 g/mol. The van der Waals surface area contributed by atoms with E-state index in [4.69, 9.17) is 4.42 Å². The molecule has 0 radical (unpaired) electrons. The van der Waals surface area contributed by atoms with Crippen molar-refractivity contribution in [2.24, 2.45) is 0 Å². The Morgan fingerprint density at radius 3 is 2.50 bits per heavy atom. The lowest BCUT2D eigenvalue weighted by atomic mass is 10.2. The molecule has 7 nitrogen and oxygen atoms in total. The molecule has 1 aromatic heterocycles. The van der Waals surface area contributed by atoms with Crippen LogP contribution in [-0.2, 0) is 27.9 Å². The summed E-state index contributed by atoms with van der Waals surface area (Å²) in [6.45, 7) is 3.36. The molecular formula is C20H27N3O4S. The first-order chi connectivity index (χ1) is 13.4. The molecule has 0 aliphatic carbocycles. The summed E-state index contributed by atoms with van der Waals surface area (Å²) in [6.07, 6.45) is 3.56. The van der Waals surface area contributed by atoms with Crippen molar-refractivity contribution in [1.82, 2.24) is 14.1 Å². The van der Waals surface area contributed by atoms with E-state index in [0.717, 1.165) is 17.7 Å². The summed E-state index contributed by atoms with van der Waals surface area (Å²) in [5.41, 5.74) is 1.06. The molecule has 0 spiro atoms. The number of sulfonamides is 1. The van der Waals surface area contributed by atoms with Crippen LogP contribution in [0.5, 0.6) is 0 Å². The van der Waals surface area contributed by atoms with Crippen LogP contribution in [0.1, 0.15) is 17.7 Å². The smallest absolute Gasteiger partial charge is 0.237 e. The SMILES string of the molecule is CS(=O)(=O)N1CCCN(CC(=O)N(Cc2ccccc2)Cc2ccco2)CC1. The molecule has 1 fully saturated rings. The van der Waals surface area contributed by atoms with E-state index in [1.165, 1.54) is 10.6 Å². The fourth-order valence-corrected chi connectivity index (χ4v) is 4.23. The maximum absolute atomic E-state index is 13.0. The molecule has 28 heavy (non-hydrogen) atoms. The van der Waals surface area contributed by atoms with Gasteiger partial charge in [0.05, 0.1) is 25.6 Å². The lowest BCUT2D eigenvalue weighted by molar-refractivity contribution is -0.134. The van der Waals surface area contributed by atoms with Crippen molar-refractivity contribution in [2.75, 3.05) is 39.0 Å². The van der Waals surface area contributed by atoms with E-state index in [-0.39, 0.29) is 12.5 Å². The van der Waals surface area contributed by atoms with Crippen molar-refractivity contribution in [2.45, 2.75) is 19.5 Å². The molecule has 8 heteroatoms. The van der Waals surface area contributed by atoms with Crippen molar-refractivity contribution in [3.8, 4) is 0 Å². The van der Waals surface area contributed by atoms with Gasteiger partial charge in [-0.05, 0) is 30.7 Å². The first-order valence-electron chi connectivity index (χ1n) is 9.43. The molecule has 1 aliphatic heterocycles. The summed E-state index contributed by atoms with van der Waals surface area (Å²) < 4.78 is 30.5. The minimum absolute atomic E-state index is 0.00746. The number of benzene rings is 1. The third-order valence-electron chi connectivity index (χ3n) is 4.87. The molecule has 0 atom stereocenters. The molecule has 1 saturated heterocycles. The largest absolute Gasteiger partial charge is 0.467 e. The van der Waals surface area contributed by atoms with Crippen LogP contribution in [0.15, 0.2) is 53.1 Å². The van der Waals surface area contributed by atoms with Crippen molar-refractivity contribution in [3.63, 3.8) is 0 Å². The molecule has 2 heterocycles. The Hall–Kier alpha value is -2.16. The molecule has 2 aromatic rings. The Bertz CT molecular complexity index is 853. The molecule has 0 saturated carbocycles. The summed E-state index contributed by atoms with van der Waals surface area (Å²) in [7, 11) is -3.19. The predicted octanol–water partition coefficient (Wildman–Crippen LogP) is 1.78. The molecule has 0 unspecified atom stereocenters. The van der Waals surface area contributed by atoms with Gasteiger partial charge in [0.1, 0.15) is 5.76 Å². The Morgan fingerprint density at radius 1 is 1.04 bits per heavy atom. The first kappa shape index (κ1) is 20.6. The zero-order valence-electron chi connectivity index (χ0n) is 16.2. The molecule has 1 aliphatic rings. The first-order valence-corrected chi connectivity index (χ1v) is 11.3. The average Bonchev–Trinajstić information content (AvgIpc) is 3.05. The van der Waals surface area contributed by atoms with Gasteiger partial charge in [0.15, 0.2) is 0 Å². The van der Waals surface area contributed by atoms with Gasteiger partial charge in [-0.25, -0.2) is 12.7 Å².